The molecule has 1 amide bonds. The van der Waals surface area contributed by atoms with Gasteiger partial charge in [-0.05, 0) is 50.5 Å². The van der Waals surface area contributed by atoms with Crippen LogP contribution < -0.4 is 10.1 Å². The van der Waals surface area contributed by atoms with Crippen molar-refractivity contribution in [1.82, 2.24) is 5.32 Å². The molecule has 6 nitrogen and oxygen atoms in total. The van der Waals surface area contributed by atoms with E-state index in [0.29, 0.717) is 16.9 Å². The minimum absolute atomic E-state index is 0.0261. The summed E-state index contributed by atoms with van der Waals surface area (Å²) in [5.41, 5.74) is 2.44. The van der Waals surface area contributed by atoms with E-state index >= 15 is 0 Å². The Bertz CT molecular complexity index is 993. The quantitative estimate of drug-likeness (QED) is 0.583. The van der Waals surface area contributed by atoms with Gasteiger partial charge in [-0.15, -0.1) is 0 Å². The molecule has 3 rings (SSSR count). The van der Waals surface area contributed by atoms with Gasteiger partial charge in [-0.1, -0.05) is 30.3 Å². The number of hydrogen-bond acceptors (Lipinski definition) is 5. The van der Waals surface area contributed by atoms with E-state index in [-0.39, 0.29) is 24.3 Å². The van der Waals surface area contributed by atoms with Crippen LogP contribution in [0.4, 0.5) is 0 Å². The van der Waals surface area contributed by atoms with E-state index in [9.17, 15) is 9.59 Å². The summed E-state index contributed by atoms with van der Waals surface area (Å²) in [6, 6.07) is 15.3. The predicted molar refractivity (Wildman–Crippen MR) is 110 cm³/mol. The lowest BCUT2D eigenvalue weighted by Gasteiger charge is -2.13. The van der Waals surface area contributed by atoms with Crippen LogP contribution in [-0.2, 0) is 16.0 Å². The molecule has 2 aromatic carbocycles. The fourth-order valence-corrected chi connectivity index (χ4v) is 3.13. The van der Waals surface area contributed by atoms with Crippen molar-refractivity contribution in [3.8, 4) is 5.75 Å². The molecule has 1 atom stereocenters. The Balaban J connectivity index is 1.51. The average molecular weight is 395 g/mol. The van der Waals surface area contributed by atoms with Gasteiger partial charge in [0.25, 0.3) is 5.91 Å². The lowest BCUT2D eigenvalue weighted by molar-refractivity contribution is -0.124. The molecule has 0 aliphatic rings. The van der Waals surface area contributed by atoms with Gasteiger partial charge < -0.3 is 19.2 Å². The van der Waals surface area contributed by atoms with Crippen LogP contribution >= 0.6 is 0 Å². The summed E-state index contributed by atoms with van der Waals surface area (Å²) in [6.45, 7) is 3.35. The smallest absolute Gasteiger partial charge is 0.375 e. The van der Waals surface area contributed by atoms with Crippen molar-refractivity contribution in [2.45, 2.75) is 32.7 Å². The summed E-state index contributed by atoms with van der Waals surface area (Å²) in [5.74, 6) is -0.234. The van der Waals surface area contributed by atoms with Crippen molar-refractivity contribution in [3.05, 3.63) is 65.4 Å². The van der Waals surface area contributed by atoms with Crippen molar-refractivity contribution >= 4 is 22.8 Å². The lowest BCUT2D eigenvalue weighted by Crippen LogP contribution is -2.36. The molecule has 0 aliphatic carbocycles. The third-order valence-corrected chi connectivity index (χ3v) is 4.78. The second-order valence-electron chi connectivity index (χ2n) is 6.99. The van der Waals surface area contributed by atoms with Crippen LogP contribution in [0.15, 0.2) is 52.9 Å². The van der Waals surface area contributed by atoms with E-state index in [1.54, 1.807) is 32.2 Å². The van der Waals surface area contributed by atoms with Crippen molar-refractivity contribution in [3.63, 3.8) is 0 Å². The molecule has 0 aliphatic heterocycles. The number of fused-ring (bicyclic) bond motifs is 1. The van der Waals surface area contributed by atoms with Crippen LogP contribution in [0.2, 0.25) is 0 Å². The number of carbonyl (C=O) groups excluding carboxylic acids is 2. The Labute approximate surface area is 169 Å². The van der Waals surface area contributed by atoms with Crippen molar-refractivity contribution in [1.29, 1.82) is 0 Å². The first-order valence-electron chi connectivity index (χ1n) is 9.55. The van der Waals surface area contributed by atoms with Gasteiger partial charge >= 0.3 is 5.97 Å². The fraction of sp³-hybridized carbons (Fsp3) is 0.304. The first-order chi connectivity index (χ1) is 14.0. The maximum atomic E-state index is 12.4. The van der Waals surface area contributed by atoms with E-state index in [0.717, 1.165) is 18.2 Å². The molecular weight excluding hydrogens is 370 g/mol. The second kappa shape index (κ2) is 9.28. The molecule has 0 fully saturated rings. The molecule has 0 saturated heterocycles. The standard InChI is InChI=1S/C23H25NO5/c1-15(9-10-17-7-5-4-6-8-17)24-21(25)14-28-23(26)22-16(2)19-13-18(27-3)11-12-20(19)29-22/h4-8,11-13,15H,9-10,14H2,1-3H3,(H,24,25). The molecule has 0 saturated carbocycles. The Morgan fingerprint density at radius 2 is 1.90 bits per heavy atom. The Kier molecular flexibility index (Phi) is 6.54. The van der Waals surface area contributed by atoms with Crippen LogP contribution in [0.1, 0.15) is 35.0 Å². The topological polar surface area (TPSA) is 77.8 Å². The summed E-state index contributed by atoms with van der Waals surface area (Å²) in [4.78, 5) is 24.5. The number of nitrogens with one attached hydrogen (secondary N) is 1. The highest BCUT2D eigenvalue weighted by Crippen LogP contribution is 2.29. The maximum Gasteiger partial charge on any atom is 0.375 e. The van der Waals surface area contributed by atoms with Crippen LogP contribution in [-0.4, -0.2) is 31.6 Å². The number of methoxy groups -OCH3 is 1. The molecule has 0 radical (unpaired) electrons. The van der Waals surface area contributed by atoms with Gasteiger partial charge in [0.05, 0.1) is 7.11 Å². The van der Waals surface area contributed by atoms with Gasteiger partial charge in [0.2, 0.25) is 5.76 Å². The number of benzene rings is 2. The van der Waals surface area contributed by atoms with E-state index in [2.05, 4.69) is 17.4 Å². The zero-order valence-corrected chi connectivity index (χ0v) is 16.9. The van der Waals surface area contributed by atoms with Crippen LogP contribution in [0.25, 0.3) is 11.0 Å². The molecule has 1 aromatic heterocycles. The molecule has 0 bridgehead atoms. The van der Waals surface area contributed by atoms with Gasteiger partial charge in [-0.2, -0.15) is 0 Å². The molecule has 29 heavy (non-hydrogen) atoms. The number of furan rings is 1. The van der Waals surface area contributed by atoms with Gasteiger partial charge in [-0.25, -0.2) is 4.79 Å². The Hall–Kier alpha value is -3.28. The van der Waals surface area contributed by atoms with E-state index in [4.69, 9.17) is 13.9 Å². The third-order valence-electron chi connectivity index (χ3n) is 4.78. The van der Waals surface area contributed by atoms with Crippen LogP contribution in [0.5, 0.6) is 5.75 Å². The van der Waals surface area contributed by atoms with Gasteiger partial charge in [0.15, 0.2) is 6.61 Å². The first kappa shape index (κ1) is 20.5. The Morgan fingerprint density at radius 1 is 1.14 bits per heavy atom. The van der Waals surface area contributed by atoms with Crippen molar-refractivity contribution in [2.24, 2.45) is 0 Å². The van der Waals surface area contributed by atoms with Gasteiger partial charge in [0, 0.05) is 17.0 Å². The summed E-state index contributed by atoms with van der Waals surface area (Å²) in [7, 11) is 1.57. The lowest BCUT2D eigenvalue weighted by atomic mass is 10.1. The minimum atomic E-state index is -0.662. The number of hydrogen-bond donors (Lipinski definition) is 1. The highest BCUT2D eigenvalue weighted by molar-refractivity contribution is 5.97. The zero-order valence-electron chi connectivity index (χ0n) is 16.9. The van der Waals surface area contributed by atoms with Crippen molar-refractivity contribution < 1.29 is 23.5 Å². The first-order valence-corrected chi connectivity index (χ1v) is 9.55. The predicted octanol–water partition coefficient (Wildman–Crippen LogP) is 4.04. The molecular formula is C23H25NO5. The van der Waals surface area contributed by atoms with Gasteiger partial charge in [0.1, 0.15) is 11.3 Å². The molecule has 1 unspecified atom stereocenters. The third kappa shape index (κ3) is 5.16. The second-order valence-corrected chi connectivity index (χ2v) is 6.99. The van der Waals surface area contributed by atoms with E-state index in [1.807, 2.05) is 25.1 Å². The molecule has 1 heterocycles. The number of carbonyl (C=O) groups is 2. The largest absolute Gasteiger partial charge is 0.497 e. The molecule has 1 N–H and O–H groups in total. The zero-order chi connectivity index (χ0) is 20.8. The normalized spacial score (nSPS) is 11.8. The molecule has 0 spiro atoms. The maximum absolute atomic E-state index is 12.4. The number of amides is 1. The van der Waals surface area contributed by atoms with Crippen LogP contribution in [0, 0.1) is 6.92 Å². The SMILES string of the molecule is COc1ccc2oc(C(=O)OCC(=O)NC(C)CCc3ccccc3)c(C)c2c1. The van der Waals surface area contributed by atoms with Crippen molar-refractivity contribution in [2.75, 3.05) is 13.7 Å². The summed E-state index contributed by atoms with van der Waals surface area (Å²) in [5, 5.41) is 3.62. The fourth-order valence-electron chi connectivity index (χ4n) is 3.13. The Morgan fingerprint density at radius 3 is 2.62 bits per heavy atom. The number of aryl methyl sites for hydroxylation is 2. The van der Waals surface area contributed by atoms with Gasteiger partial charge in [-0.3, -0.25) is 4.79 Å². The summed E-state index contributed by atoms with van der Waals surface area (Å²) < 4.78 is 15.9. The van der Waals surface area contributed by atoms with E-state index in [1.165, 1.54) is 5.56 Å². The summed E-state index contributed by atoms with van der Waals surface area (Å²) in [6.07, 6.45) is 1.66. The number of ether oxygens (including phenoxy) is 2. The number of rotatable bonds is 8. The average Bonchev–Trinajstić information content (AvgIpc) is 3.07. The highest BCUT2D eigenvalue weighted by Gasteiger charge is 2.20. The highest BCUT2D eigenvalue weighted by atomic mass is 16.5. The summed E-state index contributed by atoms with van der Waals surface area (Å²) >= 11 is 0. The monoisotopic (exact) mass is 395 g/mol. The number of esters is 1. The molecule has 6 heteroatoms. The molecule has 152 valence electrons. The molecule has 3 aromatic rings. The van der Waals surface area contributed by atoms with E-state index < -0.39 is 5.97 Å². The van der Waals surface area contributed by atoms with Crippen LogP contribution in [0.3, 0.4) is 0 Å². The minimum Gasteiger partial charge on any atom is -0.497 e.